The van der Waals surface area contributed by atoms with Gasteiger partial charge in [0.05, 0.1) is 0 Å². The van der Waals surface area contributed by atoms with Crippen LogP contribution in [0, 0.1) is 0 Å². The van der Waals surface area contributed by atoms with Gasteiger partial charge in [0.25, 0.3) is 5.91 Å². The van der Waals surface area contributed by atoms with Crippen LogP contribution in [0.15, 0.2) is 30.3 Å². The van der Waals surface area contributed by atoms with Gasteiger partial charge >= 0.3 is 0 Å². The number of benzene rings is 1. The highest BCUT2D eigenvalue weighted by Crippen LogP contribution is 2.33. The number of nitrogens with one attached hydrogen (secondary N) is 1. The summed E-state index contributed by atoms with van der Waals surface area (Å²) >= 11 is 0. The summed E-state index contributed by atoms with van der Waals surface area (Å²) in [5.74, 6) is -2.90. The molecule has 1 saturated carbocycles. The molecule has 0 spiro atoms. The molecule has 0 heterocycles. The first kappa shape index (κ1) is 12.0. The van der Waals surface area contributed by atoms with Crippen molar-refractivity contribution in [3.05, 3.63) is 35.9 Å². The number of carbonyl (C=O) groups excluding carboxylic acids is 1. The van der Waals surface area contributed by atoms with Crippen LogP contribution in [0.4, 0.5) is 8.78 Å². The van der Waals surface area contributed by atoms with Crippen LogP contribution in [-0.2, 0) is 0 Å². The summed E-state index contributed by atoms with van der Waals surface area (Å²) in [7, 11) is 0. The van der Waals surface area contributed by atoms with Gasteiger partial charge in [0.1, 0.15) is 0 Å². The zero-order valence-corrected chi connectivity index (χ0v) is 9.46. The van der Waals surface area contributed by atoms with Crippen molar-refractivity contribution in [1.82, 2.24) is 5.32 Å². The molecule has 1 N–H and O–H groups in total. The summed E-state index contributed by atoms with van der Waals surface area (Å²) in [5.41, 5.74) is 0.515. The largest absolute Gasteiger partial charge is 0.349 e. The lowest BCUT2D eigenvalue weighted by atomic mass is 9.92. The molecule has 1 aliphatic carbocycles. The van der Waals surface area contributed by atoms with E-state index in [2.05, 4.69) is 5.32 Å². The molecule has 0 aliphatic heterocycles. The molecule has 1 amide bonds. The van der Waals surface area contributed by atoms with E-state index in [-0.39, 0.29) is 18.7 Å². The Morgan fingerprint density at radius 3 is 2.65 bits per heavy atom. The van der Waals surface area contributed by atoms with Crippen LogP contribution >= 0.6 is 0 Å². The van der Waals surface area contributed by atoms with Crippen molar-refractivity contribution >= 4 is 5.91 Å². The molecular formula is C13H15F2NO. The first-order valence-electron chi connectivity index (χ1n) is 5.81. The van der Waals surface area contributed by atoms with E-state index >= 15 is 0 Å². The molecule has 0 aromatic heterocycles. The Bertz CT molecular complexity index is 392. The third-order valence-electron chi connectivity index (χ3n) is 3.01. The fourth-order valence-electron chi connectivity index (χ4n) is 2.15. The molecular weight excluding hydrogens is 224 g/mol. The van der Waals surface area contributed by atoms with Crippen molar-refractivity contribution in [2.24, 2.45) is 0 Å². The Morgan fingerprint density at radius 1 is 1.29 bits per heavy atom. The summed E-state index contributed by atoms with van der Waals surface area (Å²) in [6.45, 7) is 0. The van der Waals surface area contributed by atoms with Gasteiger partial charge in [0, 0.05) is 24.4 Å². The second-order valence-corrected chi connectivity index (χ2v) is 4.49. The molecule has 1 unspecified atom stereocenters. The van der Waals surface area contributed by atoms with E-state index < -0.39 is 12.0 Å². The lowest BCUT2D eigenvalue weighted by Gasteiger charge is -2.29. The van der Waals surface area contributed by atoms with Crippen molar-refractivity contribution < 1.29 is 13.6 Å². The van der Waals surface area contributed by atoms with E-state index in [1.54, 1.807) is 24.3 Å². The second kappa shape index (κ2) is 4.82. The summed E-state index contributed by atoms with van der Waals surface area (Å²) < 4.78 is 26.3. The van der Waals surface area contributed by atoms with Crippen LogP contribution in [0.1, 0.15) is 36.0 Å². The summed E-state index contributed by atoms with van der Waals surface area (Å²) in [6.07, 6.45) is 0.789. The van der Waals surface area contributed by atoms with Gasteiger partial charge in [0.2, 0.25) is 5.92 Å². The molecule has 92 valence electrons. The zero-order chi connectivity index (χ0) is 12.3. The molecule has 0 bridgehead atoms. The average molecular weight is 239 g/mol. The zero-order valence-electron chi connectivity index (χ0n) is 9.46. The van der Waals surface area contributed by atoms with Crippen LogP contribution in [0.5, 0.6) is 0 Å². The Kier molecular flexibility index (Phi) is 3.41. The Labute approximate surface area is 99.0 Å². The lowest BCUT2D eigenvalue weighted by Crippen LogP contribution is -2.42. The number of carbonyl (C=O) groups is 1. The van der Waals surface area contributed by atoms with Gasteiger partial charge in [-0.25, -0.2) is 8.78 Å². The minimum atomic E-state index is -2.63. The fourth-order valence-corrected chi connectivity index (χ4v) is 2.15. The first-order valence-corrected chi connectivity index (χ1v) is 5.81. The maximum atomic E-state index is 13.2. The first-order chi connectivity index (χ1) is 8.07. The smallest absolute Gasteiger partial charge is 0.251 e. The molecule has 2 nitrogen and oxygen atoms in total. The number of hydrogen-bond acceptors (Lipinski definition) is 1. The van der Waals surface area contributed by atoms with Crippen molar-refractivity contribution in [3.63, 3.8) is 0 Å². The summed E-state index contributed by atoms with van der Waals surface area (Å²) in [4.78, 5) is 11.8. The van der Waals surface area contributed by atoms with E-state index in [4.69, 9.17) is 0 Å². The predicted octanol–water partition coefficient (Wildman–Crippen LogP) is 2.99. The number of hydrogen-bond donors (Lipinski definition) is 1. The molecule has 0 radical (unpaired) electrons. The number of rotatable bonds is 2. The minimum Gasteiger partial charge on any atom is -0.349 e. The molecule has 4 heteroatoms. The van der Waals surface area contributed by atoms with Crippen LogP contribution in [0.3, 0.4) is 0 Å². The summed E-state index contributed by atoms with van der Waals surface area (Å²) in [5, 5.41) is 2.67. The van der Waals surface area contributed by atoms with Gasteiger partial charge < -0.3 is 5.32 Å². The van der Waals surface area contributed by atoms with Crippen LogP contribution < -0.4 is 5.32 Å². The third kappa shape index (κ3) is 3.25. The maximum absolute atomic E-state index is 13.2. The highest BCUT2D eigenvalue weighted by Gasteiger charge is 2.36. The number of amides is 1. The maximum Gasteiger partial charge on any atom is 0.251 e. The minimum absolute atomic E-state index is 0.0648. The monoisotopic (exact) mass is 239 g/mol. The Hall–Kier alpha value is -1.45. The highest BCUT2D eigenvalue weighted by atomic mass is 19.3. The van der Waals surface area contributed by atoms with E-state index in [1.165, 1.54) is 0 Å². The molecule has 1 fully saturated rings. The Balaban J connectivity index is 1.95. The topological polar surface area (TPSA) is 29.1 Å². The quantitative estimate of drug-likeness (QED) is 0.844. The van der Waals surface area contributed by atoms with Crippen molar-refractivity contribution in [3.8, 4) is 0 Å². The SMILES string of the molecule is O=C(NC1CCCC(F)(F)C1)c1ccccc1. The van der Waals surface area contributed by atoms with Crippen molar-refractivity contribution in [2.45, 2.75) is 37.6 Å². The standard InChI is InChI=1S/C13H15F2NO/c14-13(15)8-4-7-11(9-13)16-12(17)10-5-2-1-3-6-10/h1-3,5-6,11H,4,7-9H2,(H,16,17). The van der Waals surface area contributed by atoms with Crippen LogP contribution in [0.2, 0.25) is 0 Å². The lowest BCUT2D eigenvalue weighted by molar-refractivity contribution is -0.0429. The molecule has 1 aliphatic rings. The average Bonchev–Trinajstić information content (AvgIpc) is 2.29. The van der Waals surface area contributed by atoms with Gasteiger partial charge in [-0.15, -0.1) is 0 Å². The molecule has 1 aromatic rings. The van der Waals surface area contributed by atoms with E-state index in [0.29, 0.717) is 18.4 Å². The predicted molar refractivity (Wildman–Crippen MR) is 61.1 cm³/mol. The van der Waals surface area contributed by atoms with Gasteiger partial charge in [-0.1, -0.05) is 18.2 Å². The van der Waals surface area contributed by atoms with E-state index in [1.807, 2.05) is 6.07 Å². The highest BCUT2D eigenvalue weighted by molar-refractivity contribution is 5.94. The van der Waals surface area contributed by atoms with Crippen molar-refractivity contribution in [1.29, 1.82) is 0 Å². The fraction of sp³-hybridized carbons (Fsp3) is 0.462. The third-order valence-corrected chi connectivity index (χ3v) is 3.01. The van der Waals surface area contributed by atoms with Gasteiger partial charge in [-0.05, 0) is 25.0 Å². The second-order valence-electron chi connectivity index (χ2n) is 4.49. The molecule has 1 atom stereocenters. The van der Waals surface area contributed by atoms with Gasteiger partial charge in [0.15, 0.2) is 0 Å². The molecule has 17 heavy (non-hydrogen) atoms. The van der Waals surface area contributed by atoms with Gasteiger partial charge in [-0.3, -0.25) is 4.79 Å². The molecule has 0 saturated heterocycles. The number of halogens is 2. The van der Waals surface area contributed by atoms with E-state index in [0.717, 1.165) is 0 Å². The van der Waals surface area contributed by atoms with Gasteiger partial charge in [-0.2, -0.15) is 0 Å². The normalized spacial score (nSPS) is 23.1. The van der Waals surface area contributed by atoms with E-state index in [9.17, 15) is 13.6 Å². The number of alkyl halides is 2. The molecule has 2 rings (SSSR count). The van der Waals surface area contributed by atoms with Crippen LogP contribution in [-0.4, -0.2) is 17.9 Å². The van der Waals surface area contributed by atoms with Crippen LogP contribution in [0.25, 0.3) is 0 Å². The van der Waals surface area contributed by atoms with Crippen molar-refractivity contribution in [2.75, 3.05) is 0 Å². The summed E-state index contributed by atoms with van der Waals surface area (Å²) in [6, 6.07) is 8.26. The molecule has 1 aromatic carbocycles. The Morgan fingerprint density at radius 2 is 2.00 bits per heavy atom.